The van der Waals surface area contributed by atoms with Crippen LogP contribution >= 0.6 is 0 Å². The minimum Gasteiger partial charge on any atom is -0.381 e. The van der Waals surface area contributed by atoms with Crippen LogP contribution in [0.5, 0.6) is 0 Å². The van der Waals surface area contributed by atoms with Gasteiger partial charge in [-0.25, -0.2) is 0 Å². The first-order valence-electron chi connectivity index (χ1n) is 10.1. The molecule has 24 heavy (non-hydrogen) atoms. The number of rotatable bonds is 6. The molecule has 0 N–H and O–H groups in total. The van der Waals surface area contributed by atoms with Gasteiger partial charge in [-0.15, -0.1) is 0 Å². The van der Waals surface area contributed by atoms with Crippen LogP contribution < -0.4 is 0 Å². The molecule has 0 spiro atoms. The highest BCUT2D eigenvalue weighted by Gasteiger charge is 2.30. The summed E-state index contributed by atoms with van der Waals surface area (Å²) in [7, 11) is 0. The van der Waals surface area contributed by atoms with E-state index in [1.54, 1.807) is 0 Å². The molecule has 2 saturated heterocycles. The number of hydrogen-bond donors (Lipinski definition) is 0. The van der Waals surface area contributed by atoms with Crippen LogP contribution in [0, 0.1) is 5.92 Å². The van der Waals surface area contributed by atoms with E-state index in [1.807, 2.05) is 0 Å². The lowest BCUT2D eigenvalue weighted by molar-refractivity contribution is -0.139. The van der Waals surface area contributed by atoms with Gasteiger partial charge in [0.1, 0.15) is 0 Å². The van der Waals surface area contributed by atoms with Gasteiger partial charge in [-0.05, 0) is 64.6 Å². The fraction of sp³-hybridized carbons (Fsp3) is 0.850. The molecule has 0 radical (unpaired) electrons. The van der Waals surface area contributed by atoms with Gasteiger partial charge in [0.2, 0.25) is 5.91 Å². The maximum atomic E-state index is 13.0. The van der Waals surface area contributed by atoms with Gasteiger partial charge in [-0.1, -0.05) is 25.0 Å². The molecule has 0 unspecified atom stereocenters. The third kappa shape index (κ3) is 5.06. The number of ether oxygens (including phenoxy) is 1. The fourth-order valence-electron chi connectivity index (χ4n) is 4.35. The van der Waals surface area contributed by atoms with E-state index in [4.69, 9.17) is 4.74 Å². The van der Waals surface area contributed by atoms with Crippen LogP contribution in [0.25, 0.3) is 0 Å². The van der Waals surface area contributed by atoms with Crippen molar-refractivity contribution in [1.82, 2.24) is 9.80 Å². The minimum atomic E-state index is 0.200. The zero-order valence-corrected chi connectivity index (χ0v) is 15.1. The molecule has 0 bridgehead atoms. The van der Waals surface area contributed by atoms with Gasteiger partial charge in [-0.3, -0.25) is 4.79 Å². The fourth-order valence-corrected chi connectivity index (χ4v) is 4.35. The van der Waals surface area contributed by atoms with E-state index in [9.17, 15) is 4.79 Å². The van der Waals surface area contributed by atoms with E-state index in [1.165, 1.54) is 38.8 Å². The minimum absolute atomic E-state index is 0.200. The monoisotopic (exact) mass is 334 g/mol. The van der Waals surface area contributed by atoms with E-state index in [0.717, 1.165) is 58.4 Å². The predicted molar refractivity (Wildman–Crippen MR) is 96.9 cm³/mol. The summed E-state index contributed by atoms with van der Waals surface area (Å²) in [5.74, 6) is 0.591. The Balaban J connectivity index is 1.51. The van der Waals surface area contributed by atoms with Crippen molar-refractivity contribution in [3.63, 3.8) is 0 Å². The Morgan fingerprint density at radius 1 is 1.04 bits per heavy atom. The van der Waals surface area contributed by atoms with Crippen LogP contribution in [0.2, 0.25) is 0 Å². The van der Waals surface area contributed by atoms with Crippen LogP contribution in [-0.2, 0) is 9.53 Å². The number of nitrogens with zero attached hydrogens (tertiary/aromatic N) is 2. The van der Waals surface area contributed by atoms with Gasteiger partial charge >= 0.3 is 0 Å². The van der Waals surface area contributed by atoms with Crippen molar-refractivity contribution in [3.05, 3.63) is 12.2 Å². The molecule has 0 atom stereocenters. The van der Waals surface area contributed by atoms with Gasteiger partial charge in [0.05, 0.1) is 0 Å². The van der Waals surface area contributed by atoms with Crippen molar-refractivity contribution >= 4 is 5.91 Å². The summed E-state index contributed by atoms with van der Waals surface area (Å²) in [6, 6.07) is 0.399. The molecule has 136 valence electrons. The molecule has 3 aliphatic rings. The van der Waals surface area contributed by atoms with Crippen LogP contribution in [-0.4, -0.2) is 61.1 Å². The Morgan fingerprint density at radius 2 is 1.71 bits per heavy atom. The molecule has 1 amide bonds. The number of amides is 1. The summed E-state index contributed by atoms with van der Waals surface area (Å²) < 4.78 is 5.51. The highest BCUT2D eigenvalue weighted by Crippen LogP contribution is 2.24. The van der Waals surface area contributed by atoms with Crippen molar-refractivity contribution in [3.8, 4) is 0 Å². The summed E-state index contributed by atoms with van der Waals surface area (Å²) in [6.45, 7) is 6.19. The summed E-state index contributed by atoms with van der Waals surface area (Å²) in [5.41, 5.74) is 0. The molecule has 2 heterocycles. The van der Waals surface area contributed by atoms with Crippen molar-refractivity contribution in [1.29, 1.82) is 0 Å². The van der Waals surface area contributed by atoms with Crippen LogP contribution in [0.15, 0.2) is 12.2 Å². The van der Waals surface area contributed by atoms with Gasteiger partial charge in [0.15, 0.2) is 0 Å². The Bertz CT molecular complexity index is 402. The predicted octanol–water partition coefficient (Wildman–Crippen LogP) is 3.23. The Labute approximate surface area is 147 Å². The smallest absolute Gasteiger partial charge is 0.226 e. The Hall–Kier alpha value is -0.870. The summed E-state index contributed by atoms with van der Waals surface area (Å²) >= 11 is 0. The number of hydrogen-bond acceptors (Lipinski definition) is 3. The first-order chi connectivity index (χ1) is 11.8. The topological polar surface area (TPSA) is 32.8 Å². The molecule has 2 fully saturated rings. The van der Waals surface area contributed by atoms with Crippen molar-refractivity contribution in [2.24, 2.45) is 5.92 Å². The maximum Gasteiger partial charge on any atom is 0.226 e. The lowest BCUT2D eigenvalue weighted by Crippen LogP contribution is -2.46. The van der Waals surface area contributed by atoms with E-state index in [0.29, 0.717) is 11.9 Å². The quantitative estimate of drug-likeness (QED) is 0.699. The highest BCUT2D eigenvalue weighted by molar-refractivity contribution is 5.80. The Kier molecular flexibility index (Phi) is 7.15. The molecular weight excluding hydrogens is 300 g/mol. The van der Waals surface area contributed by atoms with Crippen molar-refractivity contribution < 1.29 is 9.53 Å². The molecule has 0 aromatic rings. The van der Waals surface area contributed by atoms with Gasteiger partial charge in [0, 0.05) is 31.7 Å². The molecule has 1 aliphatic carbocycles. The largest absolute Gasteiger partial charge is 0.381 e. The molecule has 0 aromatic carbocycles. The second kappa shape index (κ2) is 9.57. The van der Waals surface area contributed by atoms with E-state index < -0.39 is 0 Å². The molecule has 3 rings (SSSR count). The van der Waals surface area contributed by atoms with Crippen LogP contribution in [0.3, 0.4) is 0 Å². The van der Waals surface area contributed by atoms with Crippen molar-refractivity contribution in [2.75, 3.05) is 39.4 Å². The lowest BCUT2D eigenvalue weighted by atomic mass is 10.0. The van der Waals surface area contributed by atoms with E-state index in [2.05, 4.69) is 22.0 Å². The van der Waals surface area contributed by atoms with Crippen LogP contribution in [0.4, 0.5) is 0 Å². The average Bonchev–Trinajstić information content (AvgIpc) is 3.04. The Morgan fingerprint density at radius 3 is 2.38 bits per heavy atom. The van der Waals surface area contributed by atoms with Gasteiger partial charge < -0.3 is 14.5 Å². The van der Waals surface area contributed by atoms with E-state index in [-0.39, 0.29) is 5.92 Å². The second-order valence-corrected chi connectivity index (χ2v) is 7.62. The summed E-state index contributed by atoms with van der Waals surface area (Å²) in [4.78, 5) is 17.8. The number of allylic oxidation sites excluding steroid dienone is 2. The standard InChI is InChI=1S/C20H34N2O2/c23-20(18-8-3-4-9-18)22(19-10-16-24-17-11-19)15-7-14-21-12-5-1-2-6-13-21/h3-4,18-19H,1-2,5-17H2. The molecule has 2 aliphatic heterocycles. The SMILES string of the molecule is O=C(C1CC=CC1)N(CCCN1CCCCCC1)C1CCOCC1. The zero-order chi connectivity index (χ0) is 16.6. The summed E-state index contributed by atoms with van der Waals surface area (Å²) in [6.07, 6.45) is 14.8. The number of carbonyl (C=O) groups excluding carboxylic acids is 1. The third-order valence-corrected chi connectivity index (χ3v) is 5.84. The second-order valence-electron chi connectivity index (χ2n) is 7.62. The highest BCUT2D eigenvalue weighted by atomic mass is 16.5. The normalized spacial score (nSPS) is 24.2. The molecule has 4 heteroatoms. The van der Waals surface area contributed by atoms with Gasteiger partial charge in [0.25, 0.3) is 0 Å². The zero-order valence-electron chi connectivity index (χ0n) is 15.1. The third-order valence-electron chi connectivity index (χ3n) is 5.84. The average molecular weight is 335 g/mol. The molecule has 4 nitrogen and oxygen atoms in total. The van der Waals surface area contributed by atoms with Crippen molar-refractivity contribution in [2.45, 2.75) is 63.8 Å². The lowest BCUT2D eigenvalue weighted by Gasteiger charge is -2.36. The first-order valence-corrected chi connectivity index (χ1v) is 10.1. The van der Waals surface area contributed by atoms with Gasteiger partial charge in [-0.2, -0.15) is 0 Å². The maximum absolute atomic E-state index is 13.0. The molecule has 0 aromatic heterocycles. The van der Waals surface area contributed by atoms with E-state index >= 15 is 0 Å². The number of likely N-dealkylation sites (tertiary alicyclic amines) is 1. The molecule has 0 saturated carbocycles. The summed E-state index contributed by atoms with van der Waals surface area (Å²) in [5, 5.41) is 0. The first kappa shape index (κ1) is 17.9. The van der Waals surface area contributed by atoms with Crippen LogP contribution in [0.1, 0.15) is 57.8 Å². The molecular formula is C20H34N2O2. The number of carbonyl (C=O) groups is 1.